The van der Waals surface area contributed by atoms with Crippen molar-refractivity contribution in [2.45, 2.75) is 43.6 Å². The van der Waals surface area contributed by atoms with Gasteiger partial charge in [0.1, 0.15) is 11.4 Å². The molecule has 3 aliphatic rings. The summed E-state index contributed by atoms with van der Waals surface area (Å²) in [7, 11) is 0. The van der Waals surface area contributed by atoms with Gasteiger partial charge in [0.2, 0.25) is 5.54 Å². The first-order valence-electron chi connectivity index (χ1n) is 11.7. The summed E-state index contributed by atoms with van der Waals surface area (Å²) < 4.78 is 6.14. The Morgan fingerprint density at radius 1 is 1.20 bits per heavy atom. The van der Waals surface area contributed by atoms with Crippen LogP contribution < -0.4 is 15.8 Å². The number of nitrogens with one attached hydrogen (secondary N) is 1. The number of carbonyl (C=O) groups is 2. The molecule has 4 N–H and O–H groups in total. The summed E-state index contributed by atoms with van der Waals surface area (Å²) in [4.78, 5) is 32.0. The Bertz CT molecular complexity index is 1490. The Hall–Kier alpha value is -3.81. The second-order valence-corrected chi connectivity index (χ2v) is 9.68. The molecule has 1 aromatic heterocycles. The van der Waals surface area contributed by atoms with E-state index in [0.717, 1.165) is 16.3 Å². The van der Waals surface area contributed by atoms with Crippen molar-refractivity contribution < 1.29 is 19.4 Å². The van der Waals surface area contributed by atoms with E-state index in [1.54, 1.807) is 24.4 Å². The van der Waals surface area contributed by atoms with Crippen molar-refractivity contribution in [2.24, 2.45) is 5.73 Å². The zero-order chi connectivity index (χ0) is 24.5. The average Bonchev–Trinajstić information content (AvgIpc) is 3.21. The maximum atomic E-state index is 14.1. The van der Waals surface area contributed by atoms with Crippen molar-refractivity contribution in [1.29, 1.82) is 0 Å². The molecule has 3 atom stereocenters. The van der Waals surface area contributed by atoms with Crippen LogP contribution in [0, 0.1) is 0 Å². The zero-order valence-corrected chi connectivity index (χ0v) is 19.4. The summed E-state index contributed by atoms with van der Waals surface area (Å²) in [6, 6.07) is 14.1. The van der Waals surface area contributed by atoms with Gasteiger partial charge in [-0.25, -0.2) is 0 Å². The van der Waals surface area contributed by atoms with Crippen LogP contribution >= 0.6 is 0 Å². The normalized spacial score (nSPS) is 26.5. The third-order valence-corrected chi connectivity index (χ3v) is 7.29. The van der Waals surface area contributed by atoms with Crippen molar-refractivity contribution in [2.75, 3.05) is 0 Å². The van der Waals surface area contributed by atoms with Crippen molar-refractivity contribution in [3.05, 3.63) is 94.8 Å². The number of amides is 1. The van der Waals surface area contributed by atoms with Gasteiger partial charge >= 0.3 is 0 Å². The molecule has 6 rings (SSSR count). The molecule has 2 aromatic carbocycles. The number of rotatable bonds is 3. The maximum absolute atomic E-state index is 14.1. The molecular formula is C28H25N3O4. The second kappa shape index (κ2) is 7.34. The third kappa shape index (κ3) is 2.82. The van der Waals surface area contributed by atoms with Crippen LogP contribution in [-0.4, -0.2) is 33.6 Å². The molecule has 7 heteroatoms. The summed E-state index contributed by atoms with van der Waals surface area (Å²) >= 11 is 0. The van der Waals surface area contributed by atoms with Crippen molar-refractivity contribution in [1.82, 2.24) is 10.3 Å². The summed E-state index contributed by atoms with van der Waals surface area (Å²) in [6.07, 6.45) is 5.55. The topological polar surface area (TPSA) is 115 Å². The molecule has 3 unspecified atom stereocenters. The van der Waals surface area contributed by atoms with Gasteiger partial charge in [-0.15, -0.1) is 0 Å². The molecule has 176 valence electrons. The summed E-state index contributed by atoms with van der Waals surface area (Å²) in [5.74, 6) is -2.61. The van der Waals surface area contributed by atoms with Gasteiger partial charge in [0.05, 0.1) is 0 Å². The number of aliphatic hydroxyl groups is 1. The maximum Gasteiger partial charge on any atom is 0.271 e. The number of nitrogens with zero attached hydrogens (tertiary/aromatic N) is 1. The summed E-state index contributed by atoms with van der Waals surface area (Å²) in [5.41, 5.74) is 6.51. The lowest BCUT2D eigenvalue weighted by molar-refractivity contribution is -0.154. The van der Waals surface area contributed by atoms with E-state index in [0.29, 0.717) is 17.7 Å². The van der Waals surface area contributed by atoms with Crippen LogP contribution in [0.4, 0.5) is 0 Å². The van der Waals surface area contributed by atoms with E-state index in [2.05, 4.69) is 10.3 Å². The highest BCUT2D eigenvalue weighted by Crippen LogP contribution is 2.57. The van der Waals surface area contributed by atoms with Gasteiger partial charge in [-0.2, -0.15) is 0 Å². The van der Waals surface area contributed by atoms with Crippen LogP contribution in [0.1, 0.15) is 47.8 Å². The quantitative estimate of drug-likeness (QED) is 0.545. The number of benzene rings is 2. The van der Waals surface area contributed by atoms with Gasteiger partial charge in [0.25, 0.3) is 11.7 Å². The molecule has 1 aliphatic heterocycles. The number of hydrogen-bond donors (Lipinski definition) is 3. The number of aromatic nitrogens is 1. The minimum absolute atomic E-state index is 0.130. The minimum Gasteiger partial charge on any atom is -0.454 e. The Balaban J connectivity index is 1.51. The molecule has 0 saturated carbocycles. The second-order valence-electron chi connectivity index (χ2n) is 9.68. The van der Waals surface area contributed by atoms with Crippen LogP contribution in [0.25, 0.3) is 10.8 Å². The van der Waals surface area contributed by atoms with E-state index in [4.69, 9.17) is 10.5 Å². The fourth-order valence-electron chi connectivity index (χ4n) is 5.42. The van der Waals surface area contributed by atoms with E-state index >= 15 is 0 Å². The predicted molar refractivity (Wildman–Crippen MR) is 131 cm³/mol. The monoisotopic (exact) mass is 467 g/mol. The first kappa shape index (κ1) is 21.7. The summed E-state index contributed by atoms with van der Waals surface area (Å²) in [5, 5.41) is 16.6. The number of pyridine rings is 1. The van der Waals surface area contributed by atoms with Crippen LogP contribution in [-0.2, 0) is 10.3 Å². The Labute approximate surface area is 202 Å². The predicted octanol–water partition coefficient (Wildman–Crippen LogP) is 3.23. The largest absolute Gasteiger partial charge is 0.454 e. The van der Waals surface area contributed by atoms with Crippen molar-refractivity contribution in [3.8, 4) is 5.75 Å². The van der Waals surface area contributed by atoms with Gasteiger partial charge in [-0.1, -0.05) is 62.4 Å². The van der Waals surface area contributed by atoms with Crippen LogP contribution in [0.2, 0.25) is 0 Å². The molecule has 0 radical (unpaired) electrons. The minimum atomic E-state index is -2.13. The Morgan fingerprint density at radius 3 is 2.74 bits per heavy atom. The number of ether oxygens (including phenoxy) is 1. The van der Waals surface area contributed by atoms with Gasteiger partial charge in [0.15, 0.2) is 5.78 Å². The lowest BCUT2D eigenvalue weighted by atomic mass is 9.81. The van der Waals surface area contributed by atoms with Gasteiger partial charge < -0.3 is 20.9 Å². The van der Waals surface area contributed by atoms with Crippen molar-refractivity contribution >= 4 is 22.5 Å². The fourth-order valence-corrected chi connectivity index (χ4v) is 5.42. The third-order valence-electron chi connectivity index (χ3n) is 7.29. The van der Waals surface area contributed by atoms with Crippen LogP contribution in [0.5, 0.6) is 5.75 Å². The first-order chi connectivity index (χ1) is 16.8. The fraction of sp³-hybridized carbons (Fsp3) is 0.250. The molecule has 0 spiro atoms. The first-order valence-corrected chi connectivity index (χ1v) is 11.7. The summed E-state index contributed by atoms with van der Waals surface area (Å²) in [6.45, 7) is 4.09. The number of nitrogens with two attached hydrogens (primary N) is 1. The Kier molecular flexibility index (Phi) is 4.55. The SMILES string of the molecule is CC(C)c1ccc2c(c1)OC1(O)C3=C(C(=O)C21NC(=O)c1cc2ccccc2cn1)C(N)CC=C3. The van der Waals surface area contributed by atoms with Crippen LogP contribution in [0.15, 0.2) is 78.0 Å². The molecule has 35 heavy (non-hydrogen) atoms. The number of hydrogen-bond acceptors (Lipinski definition) is 6. The van der Waals surface area contributed by atoms with E-state index in [9.17, 15) is 14.7 Å². The standard InChI is InChI=1S/C28H25N3O4/c1-15(2)16-10-11-19-23(13-16)35-28(34)20-8-5-9-21(29)24(20)25(32)27(19,28)31-26(33)22-12-17-6-3-4-7-18(17)14-30-22/h3-8,10-15,21,34H,9,29H2,1-2H3,(H,31,33). The molecule has 0 fully saturated rings. The highest BCUT2D eigenvalue weighted by Gasteiger charge is 2.72. The highest BCUT2D eigenvalue weighted by atomic mass is 16.6. The smallest absolute Gasteiger partial charge is 0.271 e. The van der Waals surface area contributed by atoms with Gasteiger partial charge in [0, 0.05) is 34.3 Å². The molecule has 1 amide bonds. The van der Waals surface area contributed by atoms with Crippen LogP contribution in [0.3, 0.4) is 0 Å². The van der Waals surface area contributed by atoms with Gasteiger partial charge in [-0.05, 0) is 35.4 Å². The number of fused-ring (bicyclic) bond motifs is 5. The van der Waals surface area contributed by atoms with Gasteiger partial charge in [-0.3, -0.25) is 14.6 Å². The number of carbonyl (C=O) groups excluding carboxylic acids is 2. The zero-order valence-electron chi connectivity index (χ0n) is 19.4. The lowest BCUT2D eigenvalue weighted by Crippen LogP contribution is -2.63. The lowest BCUT2D eigenvalue weighted by Gasteiger charge is -2.35. The molecule has 0 bridgehead atoms. The van der Waals surface area contributed by atoms with E-state index < -0.39 is 29.1 Å². The molecule has 0 saturated heterocycles. The molecular weight excluding hydrogens is 442 g/mol. The molecule has 7 nitrogen and oxygen atoms in total. The van der Waals surface area contributed by atoms with E-state index in [1.165, 1.54) is 0 Å². The number of Topliss-reactive ketones (excluding diaryl/α,β-unsaturated/α-hetero) is 1. The molecule has 3 aromatic rings. The number of ketones is 1. The molecule has 2 aliphatic carbocycles. The van der Waals surface area contributed by atoms with E-state index in [1.807, 2.05) is 56.3 Å². The highest BCUT2D eigenvalue weighted by molar-refractivity contribution is 6.14. The van der Waals surface area contributed by atoms with E-state index in [-0.39, 0.29) is 22.8 Å². The Morgan fingerprint density at radius 2 is 1.97 bits per heavy atom. The molecule has 2 heterocycles. The van der Waals surface area contributed by atoms with Crippen molar-refractivity contribution in [3.63, 3.8) is 0 Å². The average molecular weight is 468 g/mol.